The summed E-state index contributed by atoms with van der Waals surface area (Å²) in [7, 11) is 1.65. The maximum absolute atomic E-state index is 11.8. The first-order valence-corrected chi connectivity index (χ1v) is 6.54. The predicted octanol–water partition coefficient (Wildman–Crippen LogP) is 2.00. The quantitative estimate of drug-likeness (QED) is 0.744. The van der Waals surface area contributed by atoms with Gasteiger partial charge in [-0.15, -0.1) is 0 Å². The van der Waals surface area contributed by atoms with Gasteiger partial charge in [-0.05, 0) is 32.0 Å². The Kier molecular flexibility index (Phi) is 3.79. The maximum atomic E-state index is 11.8. The number of nitrogen functional groups attached to an aromatic ring is 1. The highest BCUT2D eigenvalue weighted by Gasteiger charge is 2.26. The fourth-order valence-corrected chi connectivity index (χ4v) is 2.10. The molecule has 0 fully saturated rings. The molecule has 5 nitrogen and oxygen atoms in total. The summed E-state index contributed by atoms with van der Waals surface area (Å²) in [4.78, 5) is 15.9. The molecule has 1 heterocycles. The Morgan fingerprint density at radius 2 is 2.05 bits per heavy atom. The average Bonchev–Trinajstić information content (AvgIpc) is 2.46. The van der Waals surface area contributed by atoms with Gasteiger partial charge in [-0.2, -0.15) is 0 Å². The summed E-state index contributed by atoms with van der Waals surface area (Å²) >= 11 is 0. The summed E-state index contributed by atoms with van der Waals surface area (Å²) in [5.74, 6) is 0.00594. The number of carbonyl (C=O) groups is 1. The van der Waals surface area contributed by atoms with Crippen molar-refractivity contribution in [3.63, 3.8) is 0 Å². The zero-order valence-electron chi connectivity index (χ0n) is 12.0. The number of anilines is 2. The van der Waals surface area contributed by atoms with Crippen molar-refractivity contribution in [2.45, 2.75) is 13.8 Å². The Bertz CT molecular complexity index is 637. The van der Waals surface area contributed by atoms with Gasteiger partial charge in [0, 0.05) is 48.1 Å². The second kappa shape index (κ2) is 5.36. The van der Waals surface area contributed by atoms with Crippen LogP contribution in [0.4, 0.5) is 11.4 Å². The van der Waals surface area contributed by atoms with Crippen molar-refractivity contribution in [1.29, 1.82) is 0 Å². The van der Waals surface area contributed by atoms with Gasteiger partial charge in [-0.25, -0.2) is 0 Å². The van der Waals surface area contributed by atoms with E-state index in [1.54, 1.807) is 19.4 Å². The summed E-state index contributed by atoms with van der Waals surface area (Å²) in [6.07, 6.45) is 3.48. The molecule has 106 valence electrons. The summed E-state index contributed by atoms with van der Waals surface area (Å²) in [6.45, 7) is 4.34. The Morgan fingerprint density at radius 1 is 1.30 bits per heavy atom. The van der Waals surface area contributed by atoms with Crippen molar-refractivity contribution in [2.75, 3.05) is 24.6 Å². The maximum Gasteiger partial charge on any atom is 0.227 e. The normalized spacial score (nSPS) is 11.3. The van der Waals surface area contributed by atoms with Gasteiger partial charge in [0.25, 0.3) is 0 Å². The lowest BCUT2D eigenvalue weighted by Crippen LogP contribution is -2.39. The van der Waals surface area contributed by atoms with Crippen molar-refractivity contribution in [1.82, 2.24) is 10.3 Å². The van der Waals surface area contributed by atoms with E-state index < -0.39 is 5.41 Å². The van der Waals surface area contributed by atoms with Crippen LogP contribution in [-0.2, 0) is 4.79 Å². The van der Waals surface area contributed by atoms with Crippen LogP contribution in [0.25, 0.3) is 10.8 Å². The fraction of sp³-hybridized carbons (Fsp3) is 0.333. The largest absolute Gasteiger partial charge is 0.398 e. The van der Waals surface area contributed by atoms with Crippen molar-refractivity contribution in [3.05, 3.63) is 30.6 Å². The number of amides is 1. The molecule has 1 aromatic heterocycles. The number of rotatable bonds is 4. The minimum atomic E-state index is -0.491. The molecule has 0 saturated carbocycles. The summed E-state index contributed by atoms with van der Waals surface area (Å²) in [5, 5.41) is 7.92. The lowest BCUT2D eigenvalue weighted by Gasteiger charge is -2.24. The number of fused-ring (bicyclic) bond motifs is 1. The number of hydrogen-bond donors (Lipinski definition) is 3. The molecule has 0 aliphatic carbocycles. The smallest absolute Gasteiger partial charge is 0.227 e. The number of nitrogens with zero attached hydrogens (tertiary/aromatic N) is 1. The second-order valence-electron chi connectivity index (χ2n) is 5.44. The zero-order chi connectivity index (χ0) is 14.8. The van der Waals surface area contributed by atoms with Gasteiger partial charge in [0.15, 0.2) is 0 Å². The summed E-state index contributed by atoms with van der Waals surface area (Å²) < 4.78 is 0. The zero-order valence-corrected chi connectivity index (χ0v) is 12.0. The molecule has 0 spiro atoms. The topological polar surface area (TPSA) is 80.0 Å². The molecule has 1 aromatic carbocycles. The van der Waals surface area contributed by atoms with Crippen LogP contribution >= 0.6 is 0 Å². The van der Waals surface area contributed by atoms with Gasteiger partial charge in [-0.1, -0.05) is 0 Å². The molecule has 0 atom stereocenters. The molecule has 5 heteroatoms. The Morgan fingerprint density at radius 3 is 2.75 bits per heavy atom. The van der Waals surface area contributed by atoms with Gasteiger partial charge in [0.1, 0.15) is 0 Å². The van der Waals surface area contributed by atoms with Crippen LogP contribution in [0.1, 0.15) is 13.8 Å². The number of nitrogens with one attached hydrogen (secondary N) is 2. The number of carbonyl (C=O) groups excluding carboxylic acids is 1. The van der Waals surface area contributed by atoms with Crippen LogP contribution in [0, 0.1) is 5.41 Å². The molecular formula is C15H20N4O. The Balaban J connectivity index is 2.27. The number of pyridine rings is 1. The lowest BCUT2D eigenvalue weighted by atomic mass is 9.92. The van der Waals surface area contributed by atoms with Crippen molar-refractivity contribution < 1.29 is 4.79 Å². The van der Waals surface area contributed by atoms with E-state index in [2.05, 4.69) is 15.6 Å². The third-order valence-electron chi connectivity index (χ3n) is 3.41. The third-order valence-corrected chi connectivity index (χ3v) is 3.41. The Labute approximate surface area is 118 Å². The minimum absolute atomic E-state index is 0.00594. The van der Waals surface area contributed by atoms with E-state index in [-0.39, 0.29) is 5.91 Å². The number of benzene rings is 1. The average molecular weight is 272 g/mol. The lowest BCUT2D eigenvalue weighted by molar-refractivity contribution is -0.128. The highest BCUT2D eigenvalue weighted by atomic mass is 16.2. The molecular weight excluding hydrogens is 252 g/mol. The molecule has 2 rings (SSSR count). The first kappa shape index (κ1) is 14.1. The van der Waals surface area contributed by atoms with Crippen LogP contribution in [0.2, 0.25) is 0 Å². The molecule has 4 N–H and O–H groups in total. The molecule has 0 aliphatic rings. The summed E-state index contributed by atoms with van der Waals surface area (Å²) in [6, 6.07) is 5.69. The molecule has 20 heavy (non-hydrogen) atoms. The van der Waals surface area contributed by atoms with E-state index in [4.69, 9.17) is 5.73 Å². The highest BCUT2D eigenvalue weighted by Crippen LogP contribution is 2.28. The van der Waals surface area contributed by atoms with E-state index in [1.807, 2.05) is 32.0 Å². The van der Waals surface area contributed by atoms with Crippen molar-refractivity contribution >= 4 is 28.1 Å². The number of hydrogen-bond acceptors (Lipinski definition) is 4. The van der Waals surface area contributed by atoms with E-state index in [0.29, 0.717) is 12.2 Å². The van der Waals surface area contributed by atoms with Gasteiger partial charge < -0.3 is 16.4 Å². The van der Waals surface area contributed by atoms with Crippen LogP contribution in [0.3, 0.4) is 0 Å². The van der Waals surface area contributed by atoms with E-state index in [0.717, 1.165) is 16.5 Å². The molecule has 0 saturated heterocycles. The monoisotopic (exact) mass is 272 g/mol. The van der Waals surface area contributed by atoms with Crippen molar-refractivity contribution in [2.24, 2.45) is 5.41 Å². The van der Waals surface area contributed by atoms with Crippen molar-refractivity contribution in [3.8, 4) is 0 Å². The molecule has 0 unspecified atom stereocenters. The number of aromatic nitrogens is 1. The van der Waals surface area contributed by atoms with Gasteiger partial charge in [0.2, 0.25) is 5.91 Å². The highest BCUT2D eigenvalue weighted by molar-refractivity contribution is 6.00. The van der Waals surface area contributed by atoms with Gasteiger partial charge in [-0.3, -0.25) is 9.78 Å². The predicted molar refractivity (Wildman–Crippen MR) is 82.5 cm³/mol. The SMILES string of the molecule is CNC(=O)C(C)(C)CNc1ccc(N)c2cnccc12. The standard InChI is InChI=1S/C15H20N4O/c1-15(2,14(20)17-3)9-19-13-5-4-12(16)11-8-18-7-6-10(11)13/h4-8,19H,9,16H2,1-3H3,(H,17,20). The van der Waals surface area contributed by atoms with Crippen LogP contribution < -0.4 is 16.4 Å². The molecule has 1 amide bonds. The van der Waals surface area contributed by atoms with E-state index >= 15 is 0 Å². The van der Waals surface area contributed by atoms with Crippen LogP contribution in [-0.4, -0.2) is 24.5 Å². The summed E-state index contributed by atoms with van der Waals surface area (Å²) in [5.41, 5.74) is 7.11. The van der Waals surface area contributed by atoms with E-state index in [9.17, 15) is 4.79 Å². The Hall–Kier alpha value is -2.30. The fourth-order valence-electron chi connectivity index (χ4n) is 2.10. The third kappa shape index (κ3) is 2.66. The second-order valence-corrected chi connectivity index (χ2v) is 5.44. The number of nitrogens with two attached hydrogens (primary N) is 1. The molecule has 0 bridgehead atoms. The van der Waals surface area contributed by atoms with Gasteiger partial charge >= 0.3 is 0 Å². The first-order chi connectivity index (χ1) is 9.45. The first-order valence-electron chi connectivity index (χ1n) is 6.54. The molecule has 2 aromatic rings. The molecule has 0 aliphatic heterocycles. The van der Waals surface area contributed by atoms with E-state index in [1.165, 1.54) is 0 Å². The van der Waals surface area contributed by atoms with Gasteiger partial charge in [0.05, 0.1) is 5.41 Å². The molecule has 0 radical (unpaired) electrons. The van der Waals surface area contributed by atoms with Crippen LogP contribution in [0.5, 0.6) is 0 Å². The van der Waals surface area contributed by atoms with Crippen LogP contribution in [0.15, 0.2) is 30.6 Å². The minimum Gasteiger partial charge on any atom is -0.398 e.